The summed E-state index contributed by atoms with van der Waals surface area (Å²) < 4.78 is 44.2. The summed E-state index contributed by atoms with van der Waals surface area (Å²) >= 11 is 0. The predicted molar refractivity (Wildman–Crippen MR) is 103 cm³/mol. The van der Waals surface area contributed by atoms with E-state index >= 15 is 0 Å². The first-order chi connectivity index (χ1) is 14.6. The third kappa shape index (κ3) is 4.82. The van der Waals surface area contributed by atoms with Crippen LogP contribution in [0.2, 0.25) is 0 Å². The average molecular weight is 435 g/mol. The summed E-state index contributed by atoms with van der Waals surface area (Å²) in [6.07, 6.45) is -4.74. The normalized spacial score (nSPS) is 12.4. The van der Waals surface area contributed by atoms with E-state index in [1.165, 1.54) is 19.2 Å². The third-order valence-corrected chi connectivity index (χ3v) is 4.50. The summed E-state index contributed by atoms with van der Waals surface area (Å²) in [7, 11) is 0. The predicted octanol–water partition coefficient (Wildman–Crippen LogP) is 4.47. The Kier molecular flexibility index (Phi) is 5.95. The highest BCUT2D eigenvalue weighted by Crippen LogP contribution is 2.31. The van der Waals surface area contributed by atoms with Crippen molar-refractivity contribution in [2.75, 3.05) is 0 Å². The number of non-ortho nitro benzene ring substituents is 1. The number of carbonyl (C=O) groups is 2. The fraction of sp³-hybridized carbons (Fsp3) is 0.200. The van der Waals surface area contributed by atoms with Crippen LogP contribution in [-0.2, 0) is 16.1 Å². The molecule has 0 radical (unpaired) electrons. The van der Waals surface area contributed by atoms with Crippen molar-refractivity contribution in [1.82, 2.24) is 9.88 Å². The van der Waals surface area contributed by atoms with Gasteiger partial charge in [-0.1, -0.05) is 30.3 Å². The number of rotatable bonds is 5. The number of benzene rings is 2. The van der Waals surface area contributed by atoms with Crippen LogP contribution in [-0.4, -0.2) is 27.7 Å². The molecule has 1 amide bonds. The van der Waals surface area contributed by atoms with Crippen molar-refractivity contribution in [3.63, 3.8) is 0 Å². The highest BCUT2D eigenvalue weighted by molar-refractivity contribution is 5.94. The van der Waals surface area contributed by atoms with E-state index < -0.39 is 29.1 Å². The summed E-state index contributed by atoms with van der Waals surface area (Å²) in [4.78, 5) is 34.4. The van der Waals surface area contributed by atoms with E-state index in [0.29, 0.717) is 5.56 Å². The van der Waals surface area contributed by atoms with Crippen LogP contribution in [0.1, 0.15) is 24.1 Å². The molecule has 1 atom stereocenters. The second kappa shape index (κ2) is 8.46. The molecule has 0 saturated heterocycles. The smallest absolute Gasteiger partial charge is 0.444 e. The van der Waals surface area contributed by atoms with Gasteiger partial charge in [-0.15, -0.1) is 0 Å². The van der Waals surface area contributed by atoms with Gasteiger partial charge in [0.1, 0.15) is 6.61 Å². The molecular formula is C20H16F3N3O5. The molecule has 162 valence electrons. The van der Waals surface area contributed by atoms with Gasteiger partial charge in [-0.2, -0.15) is 13.2 Å². The molecule has 31 heavy (non-hydrogen) atoms. The van der Waals surface area contributed by atoms with Crippen molar-refractivity contribution in [1.29, 1.82) is 0 Å². The Balaban J connectivity index is 1.97. The molecule has 0 bridgehead atoms. The fourth-order valence-electron chi connectivity index (χ4n) is 3.00. The highest BCUT2D eigenvalue weighted by Gasteiger charge is 2.39. The molecule has 1 heterocycles. The number of carbonyl (C=O) groups excluding carboxylic acids is 2. The van der Waals surface area contributed by atoms with Gasteiger partial charge in [0.25, 0.3) is 5.69 Å². The van der Waals surface area contributed by atoms with Crippen LogP contribution < -0.4 is 5.32 Å². The first-order valence-electron chi connectivity index (χ1n) is 8.96. The quantitative estimate of drug-likeness (QED) is 0.470. The zero-order valence-electron chi connectivity index (χ0n) is 16.1. The minimum atomic E-state index is -5.10. The second-order valence-electron chi connectivity index (χ2n) is 6.65. The van der Waals surface area contributed by atoms with Crippen LogP contribution in [0.3, 0.4) is 0 Å². The van der Waals surface area contributed by atoms with Gasteiger partial charge < -0.3 is 10.1 Å². The lowest BCUT2D eigenvalue weighted by molar-refractivity contribution is -0.384. The van der Waals surface area contributed by atoms with E-state index in [-0.39, 0.29) is 28.8 Å². The number of alkyl halides is 3. The molecule has 0 spiro atoms. The van der Waals surface area contributed by atoms with E-state index in [9.17, 15) is 32.9 Å². The van der Waals surface area contributed by atoms with Crippen LogP contribution in [0, 0.1) is 10.1 Å². The maximum atomic E-state index is 12.6. The molecule has 0 saturated carbocycles. The maximum absolute atomic E-state index is 12.6. The Bertz CT molecular complexity index is 1140. The molecule has 3 aromatic rings. The number of hydrogen-bond acceptors (Lipinski definition) is 5. The number of nitrogens with zero attached hydrogens (tertiary/aromatic N) is 2. The summed E-state index contributed by atoms with van der Waals surface area (Å²) in [6, 6.07) is 11.2. The maximum Gasteiger partial charge on any atom is 0.471 e. The van der Waals surface area contributed by atoms with Gasteiger partial charge in [0.2, 0.25) is 0 Å². The first kappa shape index (κ1) is 21.8. The molecule has 0 aliphatic rings. The molecule has 2 aromatic carbocycles. The van der Waals surface area contributed by atoms with Gasteiger partial charge in [0, 0.05) is 29.3 Å². The summed E-state index contributed by atoms with van der Waals surface area (Å²) in [5.41, 5.74) is 0.673. The van der Waals surface area contributed by atoms with E-state index in [2.05, 4.69) is 0 Å². The minimum absolute atomic E-state index is 0.0535. The van der Waals surface area contributed by atoms with Gasteiger partial charge in [0.05, 0.1) is 16.5 Å². The average Bonchev–Trinajstić information content (AvgIpc) is 3.11. The molecular weight excluding hydrogens is 419 g/mol. The molecule has 0 aliphatic heterocycles. The zero-order valence-corrected chi connectivity index (χ0v) is 16.1. The topological polar surface area (TPSA) is 103 Å². The molecule has 1 aromatic heterocycles. The van der Waals surface area contributed by atoms with Gasteiger partial charge in [-0.3, -0.25) is 19.5 Å². The van der Waals surface area contributed by atoms with E-state index in [1.807, 2.05) is 0 Å². The minimum Gasteiger partial charge on any atom is -0.444 e. The SMILES string of the molecule is CC(NC(=O)C(F)(F)F)c1cn(C(=O)OCc2ccccc2)c2ccc([N+](=O)[O-])cc12. The lowest BCUT2D eigenvalue weighted by Crippen LogP contribution is -2.38. The van der Waals surface area contributed by atoms with Gasteiger partial charge >= 0.3 is 18.2 Å². The number of aromatic nitrogens is 1. The van der Waals surface area contributed by atoms with Gasteiger partial charge in [-0.05, 0) is 18.6 Å². The first-order valence-corrected chi connectivity index (χ1v) is 8.96. The Morgan fingerprint density at radius 2 is 1.87 bits per heavy atom. The number of fused-ring (bicyclic) bond motifs is 1. The Morgan fingerprint density at radius 1 is 1.19 bits per heavy atom. The van der Waals surface area contributed by atoms with E-state index in [0.717, 1.165) is 16.7 Å². The van der Waals surface area contributed by atoms with Crippen LogP contribution in [0.25, 0.3) is 10.9 Å². The number of halogens is 3. The molecule has 3 rings (SSSR count). The van der Waals surface area contributed by atoms with E-state index in [1.54, 1.807) is 35.6 Å². The number of nitrogens with one attached hydrogen (secondary N) is 1. The molecule has 11 heteroatoms. The zero-order chi connectivity index (χ0) is 22.8. The number of nitro groups is 1. The molecule has 1 unspecified atom stereocenters. The number of hydrogen-bond donors (Lipinski definition) is 1. The van der Waals surface area contributed by atoms with Gasteiger partial charge in [-0.25, -0.2) is 4.79 Å². The van der Waals surface area contributed by atoms with Crippen molar-refractivity contribution in [2.24, 2.45) is 0 Å². The summed E-state index contributed by atoms with van der Waals surface area (Å²) in [6.45, 7) is 1.22. The largest absolute Gasteiger partial charge is 0.471 e. The monoisotopic (exact) mass is 435 g/mol. The Labute approximate surface area is 173 Å². The van der Waals surface area contributed by atoms with Crippen LogP contribution in [0.15, 0.2) is 54.7 Å². The summed E-state index contributed by atoms with van der Waals surface area (Å²) in [5.74, 6) is -2.17. The van der Waals surface area contributed by atoms with Gasteiger partial charge in [0.15, 0.2) is 0 Å². The van der Waals surface area contributed by atoms with Crippen molar-refractivity contribution in [3.8, 4) is 0 Å². The van der Waals surface area contributed by atoms with Crippen LogP contribution >= 0.6 is 0 Å². The van der Waals surface area contributed by atoms with Crippen molar-refractivity contribution in [3.05, 3.63) is 76.0 Å². The molecule has 0 fully saturated rings. The van der Waals surface area contributed by atoms with Crippen LogP contribution in [0.4, 0.5) is 23.7 Å². The second-order valence-corrected chi connectivity index (χ2v) is 6.65. The van der Waals surface area contributed by atoms with E-state index in [4.69, 9.17) is 4.74 Å². The number of ether oxygens (including phenoxy) is 1. The van der Waals surface area contributed by atoms with Crippen molar-refractivity contribution < 1.29 is 32.4 Å². The highest BCUT2D eigenvalue weighted by atomic mass is 19.4. The number of amides is 1. The standard InChI is InChI=1S/C20H16F3N3O5/c1-12(24-18(27)20(21,22)23)16-10-25(17-8-7-14(26(29)30)9-15(16)17)19(28)31-11-13-5-3-2-4-6-13/h2-10,12H,11H2,1H3,(H,24,27). The van der Waals surface area contributed by atoms with Crippen molar-refractivity contribution >= 4 is 28.6 Å². The molecule has 0 aliphatic carbocycles. The summed E-state index contributed by atoms with van der Waals surface area (Å²) in [5, 5.41) is 13.1. The van der Waals surface area contributed by atoms with Crippen molar-refractivity contribution in [2.45, 2.75) is 25.7 Å². The Hall–Kier alpha value is -3.89. The molecule has 1 N–H and O–H groups in total. The molecule has 8 nitrogen and oxygen atoms in total. The lowest BCUT2D eigenvalue weighted by Gasteiger charge is -2.14. The lowest BCUT2D eigenvalue weighted by atomic mass is 10.1. The Morgan fingerprint density at radius 3 is 2.48 bits per heavy atom. The fourth-order valence-corrected chi connectivity index (χ4v) is 3.00. The number of nitro benzene ring substituents is 1. The third-order valence-electron chi connectivity index (χ3n) is 4.50. The van der Waals surface area contributed by atoms with Crippen LogP contribution in [0.5, 0.6) is 0 Å².